The van der Waals surface area contributed by atoms with E-state index in [9.17, 15) is 14.4 Å². The summed E-state index contributed by atoms with van der Waals surface area (Å²) in [4.78, 5) is 37.0. The summed E-state index contributed by atoms with van der Waals surface area (Å²) in [5.41, 5.74) is 1.33. The molecule has 1 N–H and O–H groups in total. The Balaban J connectivity index is 1.87. The molecule has 0 spiro atoms. The van der Waals surface area contributed by atoms with Crippen LogP contribution in [0.15, 0.2) is 33.5 Å². The zero-order valence-corrected chi connectivity index (χ0v) is 16.2. The van der Waals surface area contributed by atoms with E-state index in [0.717, 1.165) is 18.4 Å². The van der Waals surface area contributed by atoms with Crippen molar-refractivity contribution in [3.05, 3.63) is 62.7 Å². The summed E-state index contributed by atoms with van der Waals surface area (Å²) in [6, 6.07) is 6.58. The molecule has 148 valence electrons. The van der Waals surface area contributed by atoms with E-state index >= 15 is 0 Å². The Bertz CT molecular complexity index is 956. The zero-order valence-electron chi connectivity index (χ0n) is 16.2. The molecule has 2 aromatic rings. The number of ether oxygens (including phenoxy) is 2. The fraction of sp³-hybridized carbons (Fsp3) is 0.381. The van der Waals surface area contributed by atoms with Crippen LogP contribution in [0.4, 0.5) is 5.69 Å². The number of esters is 1. The molecule has 1 saturated heterocycles. The van der Waals surface area contributed by atoms with E-state index in [0.29, 0.717) is 35.8 Å². The number of carbonyl (C=O) groups excluding carboxylic acids is 2. The predicted octanol–water partition coefficient (Wildman–Crippen LogP) is 3.19. The average molecular weight is 385 g/mol. The molecule has 0 unspecified atom stereocenters. The largest absolute Gasteiger partial charge is 0.465 e. The molecule has 1 amide bonds. The topological polar surface area (TPSA) is 94.8 Å². The van der Waals surface area contributed by atoms with E-state index in [1.807, 2.05) is 0 Å². The Labute approximate surface area is 162 Å². The molecule has 0 saturated carbocycles. The lowest BCUT2D eigenvalue weighted by Crippen LogP contribution is -2.24. The van der Waals surface area contributed by atoms with Gasteiger partial charge in [-0.05, 0) is 56.0 Å². The van der Waals surface area contributed by atoms with Gasteiger partial charge < -0.3 is 19.2 Å². The monoisotopic (exact) mass is 385 g/mol. The number of hydrogen-bond donors (Lipinski definition) is 1. The normalized spacial score (nSPS) is 14.5. The van der Waals surface area contributed by atoms with Gasteiger partial charge in [0.25, 0.3) is 5.91 Å². The summed E-state index contributed by atoms with van der Waals surface area (Å²) in [5.74, 6) is -0.371. The molecule has 0 radical (unpaired) electrons. The van der Waals surface area contributed by atoms with Crippen LogP contribution in [0.1, 0.15) is 56.4 Å². The minimum Gasteiger partial charge on any atom is -0.465 e. The highest BCUT2D eigenvalue weighted by molar-refractivity contribution is 6.05. The van der Waals surface area contributed by atoms with E-state index in [4.69, 9.17) is 13.9 Å². The summed E-state index contributed by atoms with van der Waals surface area (Å²) in [6.07, 6.45) is 1.57. The van der Waals surface area contributed by atoms with E-state index < -0.39 is 17.5 Å². The Hall–Kier alpha value is -2.93. The molecule has 7 nitrogen and oxygen atoms in total. The summed E-state index contributed by atoms with van der Waals surface area (Å²) in [7, 11) is 1.29. The standard InChI is InChI=1S/C21H23NO6/c1-12-4-5-15(20(24)26-3)11-16(12)22-19(23)18-13(2)10-17(28-21(18)25)14-6-8-27-9-7-14/h4-5,10-11,14H,6-9H2,1-3H3,(H,22,23). The van der Waals surface area contributed by atoms with Crippen molar-refractivity contribution < 1.29 is 23.5 Å². The number of hydrogen-bond acceptors (Lipinski definition) is 6. The quantitative estimate of drug-likeness (QED) is 0.812. The smallest absolute Gasteiger partial charge is 0.349 e. The van der Waals surface area contributed by atoms with E-state index in [1.54, 1.807) is 32.0 Å². The first-order valence-electron chi connectivity index (χ1n) is 9.13. The molecule has 0 atom stereocenters. The van der Waals surface area contributed by atoms with Gasteiger partial charge in [-0.15, -0.1) is 0 Å². The molecule has 7 heteroatoms. The Morgan fingerprint density at radius 2 is 1.82 bits per heavy atom. The van der Waals surface area contributed by atoms with Crippen molar-refractivity contribution in [2.45, 2.75) is 32.6 Å². The molecule has 1 aromatic carbocycles. The number of aryl methyl sites for hydroxylation is 2. The first-order chi connectivity index (χ1) is 13.4. The zero-order chi connectivity index (χ0) is 20.3. The number of anilines is 1. The first kappa shape index (κ1) is 19.8. The van der Waals surface area contributed by atoms with Gasteiger partial charge in [0.2, 0.25) is 0 Å². The molecule has 0 bridgehead atoms. The molecule has 3 rings (SSSR count). The van der Waals surface area contributed by atoms with Gasteiger partial charge in [-0.3, -0.25) is 4.79 Å². The Kier molecular flexibility index (Phi) is 5.94. The number of carbonyl (C=O) groups is 2. The molecule has 28 heavy (non-hydrogen) atoms. The third kappa shape index (κ3) is 4.14. The predicted molar refractivity (Wildman–Crippen MR) is 103 cm³/mol. The van der Waals surface area contributed by atoms with E-state index in [1.165, 1.54) is 13.2 Å². The van der Waals surface area contributed by atoms with Crippen LogP contribution in [0.2, 0.25) is 0 Å². The third-order valence-corrected chi connectivity index (χ3v) is 4.93. The number of nitrogens with one attached hydrogen (secondary N) is 1. The van der Waals surface area contributed by atoms with E-state index in [-0.39, 0.29) is 11.5 Å². The summed E-state index contributed by atoms with van der Waals surface area (Å²) in [6.45, 7) is 4.77. The lowest BCUT2D eigenvalue weighted by atomic mass is 9.95. The Morgan fingerprint density at radius 3 is 2.46 bits per heavy atom. The van der Waals surface area contributed by atoms with Crippen LogP contribution >= 0.6 is 0 Å². The van der Waals surface area contributed by atoms with Crippen LogP contribution < -0.4 is 10.9 Å². The van der Waals surface area contributed by atoms with Crippen molar-refractivity contribution in [1.82, 2.24) is 0 Å². The van der Waals surface area contributed by atoms with Gasteiger partial charge >= 0.3 is 11.6 Å². The van der Waals surface area contributed by atoms with Crippen molar-refractivity contribution in [3.8, 4) is 0 Å². The van der Waals surface area contributed by atoms with Crippen molar-refractivity contribution >= 4 is 17.6 Å². The fourth-order valence-electron chi connectivity index (χ4n) is 3.28. The molecule has 0 aliphatic carbocycles. The van der Waals surface area contributed by atoms with E-state index in [2.05, 4.69) is 5.32 Å². The summed E-state index contributed by atoms with van der Waals surface area (Å²) in [5, 5.41) is 2.70. The first-order valence-corrected chi connectivity index (χ1v) is 9.13. The lowest BCUT2D eigenvalue weighted by Gasteiger charge is -2.21. The van der Waals surface area contributed by atoms with Crippen LogP contribution in [0.5, 0.6) is 0 Å². The second-order valence-corrected chi connectivity index (χ2v) is 6.86. The van der Waals surface area contributed by atoms with Gasteiger partial charge in [-0.1, -0.05) is 6.07 Å². The van der Waals surface area contributed by atoms with Crippen LogP contribution in [-0.4, -0.2) is 32.2 Å². The lowest BCUT2D eigenvalue weighted by molar-refractivity contribution is 0.0600. The van der Waals surface area contributed by atoms with Crippen LogP contribution in [0.25, 0.3) is 0 Å². The SMILES string of the molecule is COC(=O)c1ccc(C)c(NC(=O)c2c(C)cc(C3CCOCC3)oc2=O)c1. The van der Waals surface area contributed by atoms with Crippen LogP contribution in [0, 0.1) is 13.8 Å². The van der Waals surface area contributed by atoms with Crippen molar-refractivity contribution in [2.75, 3.05) is 25.6 Å². The highest BCUT2D eigenvalue weighted by Gasteiger charge is 2.23. The number of benzene rings is 1. The maximum atomic E-state index is 12.7. The van der Waals surface area contributed by atoms with Gasteiger partial charge in [-0.2, -0.15) is 0 Å². The maximum Gasteiger partial charge on any atom is 0.349 e. The van der Waals surface area contributed by atoms with Gasteiger partial charge in [-0.25, -0.2) is 9.59 Å². The highest BCUT2D eigenvalue weighted by atomic mass is 16.5. The minimum atomic E-state index is -0.666. The van der Waals surface area contributed by atoms with Crippen molar-refractivity contribution in [3.63, 3.8) is 0 Å². The molecule has 1 aliphatic heterocycles. The summed E-state index contributed by atoms with van der Waals surface area (Å²) < 4.78 is 15.5. The molecule has 1 aromatic heterocycles. The summed E-state index contributed by atoms with van der Waals surface area (Å²) >= 11 is 0. The average Bonchev–Trinajstić information content (AvgIpc) is 2.69. The third-order valence-electron chi connectivity index (χ3n) is 4.93. The van der Waals surface area contributed by atoms with Gasteiger partial charge in [0.15, 0.2) is 0 Å². The van der Waals surface area contributed by atoms with Crippen molar-refractivity contribution in [2.24, 2.45) is 0 Å². The van der Waals surface area contributed by atoms with Gasteiger partial charge in [0, 0.05) is 24.8 Å². The molecule has 1 aliphatic rings. The number of rotatable bonds is 4. The van der Waals surface area contributed by atoms with Crippen molar-refractivity contribution in [1.29, 1.82) is 0 Å². The second-order valence-electron chi connectivity index (χ2n) is 6.86. The number of methoxy groups -OCH3 is 1. The molecular weight excluding hydrogens is 362 g/mol. The number of amides is 1. The highest BCUT2D eigenvalue weighted by Crippen LogP contribution is 2.27. The fourth-order valence-corrected chi connectivity index (χ4v) is 3.28. The second kappa shape index (κ2) is 8.39. The minimum absolute atomic E-state index is 0.0429. The van der Waals surface area contributed by atoms with Crippen LogP contribution in [0.3, 0.4) is 0 Å². The maximum absolute atomic E-state index is 12.7. The molecular formula is C21H23NO6. The van der Waals surface area contributed by atoms with Gasteiger partial charge in [0.1, 0.15) is 11.3 Å². The van der Waals surface area contributed by atoms with Gasteiger partial charge in [0.05, 0.1) is 12.7 Å². The molecule has 2 heterocycles. The Morgan fingerprint density at radius 1 is 1.11 bits per heavy atom. The van der Waals surface area contributed by atoms with Crippen LogP contribution in [-0.2, 0) is 9.47 Å². The molecule has 1 fully saturated rings.